The van der Waals surface area contributed by atoms with Gasteiger partial charge in [-0.15, -0.1) is 10.2 Å². The Morgan fingerprint density at radius 1 is 1.15 bits per heavy atom. The summed E-state index contributed by atoms with van der Waals surface area (Å²) < 4.78 is 21.3. The number of hydrogen-bond acceptors (Lipinski definition) is 6. The van der Waals surface area contributed by atoms with Gasteiger partial charge < -0.3 is 4.74 Å². The van der Waals surface area contributed by atoms with Gasteiger partial charge in [0.1, 0.15) is 12.1 Å². The Labute approximate surface area is 153 Å². The number of nitrogens with zero attached hydrogens (tertiary/aromatic N) is 6. The summed E-state index contributed by atoms with van der Waals surface area (Å²) in [5, 5.41) is 12.9. The van der Waals surface area contributed by atoms with Crippen LogP contribution in [0.2, 0.25) is 0 Å². The average Bonchev–Trinajstić information content (AvgIpc) is 3.07. The number of halogens is 1. The first kappa shape index (κ1) is 17.2. The van der Waals surface area contributed by atoms with E-state index in [1.807, 2.05) is 6.92 Å². The smallest absolute Gasteiger partial charge is 0.283 e. The molecule has 0 aliphatic carbocycles. The molecule has 9 heteroatoms. The highest BCUT2D eigenvalue weighted by atomic mass is 19.1. The van der Waals surface area contributed by atoms with Gasteiger partial charge in [0, 0.05) is 7.11 Å². The van der Waals surface area contributed by atoms with Crippen molar-refractivity contribution in [2.24, 2.45) is 0 Å². The van der Waals surface area contributed by atoms with Crippen molar-refractivity contribution in [3.8, 4) is 11.1 Å². The number of methoxy groups -OCH3 is 1. The molecule has 138 valence electrons. The van der Waals surface area contributed by atoms with Gasteiger partial charge in [-0.1, -0.05) is 19.1 Å². The maximum Gasteiger partial charge on any atom is 0.283 e. The summed E-state index contributed by atoms with van der Waals surface area (Å²) >= 11 is 0. The van der Waals surface area contributed by atoms with Crippen LogP contribution in [0.4, 0.5) is 4.39 Å². The lowest BCUT2D eigenvalue weighted by atomic mass is 10.0. The van der Waals surface area contributed by atoms with E-state index in [1.54, 1.807) is 19.2 Å². The minimum absolute atomic E-state index is 0.136. The van der Waals surface area contributed by atoms with Gasteiger partial charge in [-0.2, -0.15) is 9.61 Å². The molecule has 0 amide bonds. The van der Waals surface area contributed by atoms with Gasteiger partial charge in [0.2, 0.25) is 0 Å². The van der Waals surface area contributed by atoms with Crippen molar-refractivity contribution in [3.63, 3.8) is 0 Å². The zero-order valence-corrected chi connectivity index (χ0v) is 14.9. The molecular formula is C18H17FN6O2. The largest absolute Gasteiger partial charge is 0.383 e. The van der Waals surface area contributed by atoms with Crippen LogP contribution in [0.25, 0.3) is 27.9 Å². The van der Waals surface area contributed by atoms with Crippen LogP contribution in [0.3, 0.4) is 0 Å². The minimum Gasteiger partial charge on any atom is -0.383 e. The van der Waals surface area contributed by atoms with Crippen LogP contribution in [0, 0.1) is 5.82 Å². The van der Waals surface area contributed by atoms with Gasteiger partial charge in [-0.25, -0.2) is 9.37 Å². The second kappa shape index (κ2) is 6.84. The van der Waals surface area contributed by atoms with E-state index in [4.69, 9.17) is 4.74 Å². The molecule has 0 bridgehead atoms. The SMILES string of the molecule is CCc1nn2c(nnc3c(=O)n(CCOC)cnc32)c1-c1ccc(F)cc1. The molecule has 0 radical (unpaired) electrons. The van der Waals surface area contributed by atoms with Crippen LogP contribution in [-0.2, 0) is 17.7 Å². The standard InChI is InChI=1S/C18H17FN6O2/c1-3-13-14(11-4-6-12(19)7-5-11)16-22-21-15-17(25(16)23-13)20-10-24(18(15)26)8-9-27-2/h4-7,10H,3,8-9H2,1-2H3. The van der Waals surface area contributed by atoms with E-state index in [2.05, 4.69) is 20.3 Å². The van der Waals surface area contributed by atoms with E-state index in [0.717, 1.165) is 16.8 Å². The van der Waals surface area contributed by atoms with E-state index in [-0.39, 0.29) is 16.9 Å². The first-order chi connectivity index (χ1) is 13.1. The molecule has 0 saturated carbocycles. The number of hydrogen-bond donors (Lipinski definition) is 0. The van der Waals surface area contributed by atoms with Crippen LogP contribution in [-0.4, -0.2) is 43.1 Å². The van der Waals surface area contributed by atoms with E-state index in [1.165, 1.54) is 27.5 Å². The normalized spacial score (nSPS) is 11.5. The van der Waals surface area contributed by atoms with Crippen LogP contribution in [0.1, 0.15) is 12.6 Å². The molecule has 1 aromatic carbocycles. The Morgan fingerprint density at radius 3 is 2.63 bits per heavy atom. The van der Waals surface area contributed by atoms with Crippen molar-refractivity contribution in [2.75, 3.05) is 13.7 Å². The molecule has 0 fully saturated rings. The summed E-state index contributed by atoms with van der Waals surface area (Å²) in [6.45, 7) is 2.73. The van der Waals surface area contributed by atoms with Crippen LogP contribution in [0.15, 0.2) is 35.4 Å². The summed E-state index contributed by atoms with van der Waals surface area (Å²) in [7, 11) is 1.57. The molecule has 0 saturated heterocycles. The molecule has 3 heterocycles. The lowest BCUT2D eigenvalue weighted by Gasteiger charge is -2.05. The summed E-state index contributed by atoms with van der Waals surface area (Å²) in [5.74, 6) is -0.317. The van der Waals surface area contributed by atoms with Gasteiger partial charge in [0.25, 0.3) is 5.56 Å². The topological polar surface area (TPSA) is 87.2 Å². The molecule has 4 rings (SSSR count). The highest BCUT2D eigenvalue weighted by Crippen LogP contribution is 2.28. The van der Waals surface area contributed by atoms with Crippen molar-refractivity contribution in [2.45, 2.75) is 19.9 Å². The van der Waals surface area contributed by atoms with Crippen molar-refractivity contribution in [1.29, 1.82) is 0 Å². The second-order valence-electron chi connectivity index (χ2n) is 6.03. The summed E-state index contributed by atoms with van der Waals surface area (Å²) in [4.78, 5) is 17.0. The Morgan fingerprint density at radius 2 is 1.93 bits per heavy atom. The number of rotatable bonds is 5. The zero-order valence-electron chi connectivity index (χ0n) is 14.9. The van der Waals surface area contributed by atoms with E-state index in [9.17, 15) is 9.18 Å². The molecule has 8 nitrogen and oxygen atoms in total. The number of ether oxygens (including phenoxy) is 1. The first-order valence-corrected chi connectivity index (χ1v) is 8.52. The fourth-order valence-corrected chi connectivity index (χ4v) is 3.01. The molecular weight excluding hydrogens is 351 g/mol. The third-order valence-corrected chi connectivity index (χ3v) is 4.38. The highest BCUT2D eigenvalue weighted by molar-refractivity contribution is 5.83. The van der Waals surface area contributed by atoms with E-state index in [0.29, 0.717) is 30.9 Å². The highest BCUT2D eigenvalue weighted by Gasteiger charge is 2.19. The van der Waals surface area contributed by atoms with Gasteiger partial charge in [-0.05, 0) is 24.1 Å². The van der Waals surface area contributed by atoms with Gasteiger partial charge in [-0.3, -0.25) is 9.36 Å². The molecule has 0 unspecified atom stereocenters. The van der Waals surface area contributed by atoms with Crippen molar-refractivity contribution < 1.29 is 9.13 Å². The third-order valence-electron chi connectivity index (χ3n) is 4.38. The Bertz CT molecular complexity index is 1180. The summed E-state index contributed by atoms with van der Waals surface area (Å²) in [6, 6.07) is 6.13. The molecule has 0 atom stereocenters. The molecule has 4 aromatic rings. The molecule has 0 N–H and O–H groups in total. The minimum atomic E-state index is -0.317. The van der Waals surface area contributed by atoms with Crippen molar-refractivity contribution in [3.05, 3.63) is 52.5 Å². The summed E-state index contributed by atoms with van der Waals surface area (Å²) in [5.41, 5.74) is 2.96. The van der Waals surface area contributed by atoms with Crippen molar-refractivity contribution >= 4 is 16.8 Å². The lowest BCUT2D eigenvalue weighted by Crippen LogP contribution is -2.24. The van der Waals surface area contributed by atoms with Crippen LogP contribution in [0.5, 0.6) is 0 Å². The third kappa shape index (κ3) is 2.85. The fourth-order valence-electron chi connectivity index (χ4n) is 3.01. The van der Waals surface area contributed by atoms with Gasteiger partial charge >= 0.3 is 0 Å². The van der Waals surface area contributed by atoms with Crippen LogP contribution >= 0.6 is 0 Å². The maximum atomic E-state index is 13.3. The van der Waals surface area contributed by atoms with Crippen LogP contribution < -0.4 is 5.56 Å². The Kier molecular flexibility index (Phi) is 4.36. The van der Waals surface area contributed by atoms with Gasteiger partial charge in [0.05, 0.1) is 24.4 Å². The van der Waals surface area contributed by atoms with E-state index < -0.39 is 0 Å². The number of benzene rings is 1. The molecule has 0 aliphatic rings. The second-order valence-corrected chi connectivity index (χ2v) is 6.03. The molecule has 0 spiro atoms. The summed E-state index contributed by atoms with van der Waals surface area (Å²) in [6.07, 6.45) is 2.10. The Balaban J connectivity index is 1.97. The quantitative estimate of drug-likeness (QED) is 0.534. The van der Waals surface area contributed by atoms with Crippen molar-refractivity contribution in [1.82, 2.24) is 29.4 Å². The first-order valence-electron chi connectivity index (χ1n) is 8.52. The average molecular weight is 368 g/mol. The number of aryl methyl sites for hydroxylation is 1. The lowest BCUT2D eigenvalue weighted by molar-refractivity contribution is 0.186. The zero-order chi connectivity index (χ0) is 19.0. The predicted molar refractivity (Wildman–Crippen MR) is 97.0 cm³/mol. The maximum absolute atomic E-state index is 13.3. The number of fused-ring (bicyclic) bond motifs is 3. The van der Waals surface area contributed by atoms with E-state index >= 15 is 0 Å². The molecule has 3 aromatic heterocycles. The fraction of sp³-hybridized carbons (Fsp3) is 0.278. The van der Waals surface area contributed by atoms with Gasteiger partial charge in [0.15, 0.2) is 16.8 Å². The molecule has 0 aliphatic heterocycles. The Hall–Kier alpha value is -3.20. The monoisotopic (exact) mass is 368 g/mol. The number of aromatic nitrogens is 6. The molecule has 27 heavy (non-hydrogen) atoms. The predicted octanol–water partition coefficient (Wildman–Crippen LogP) is 1.85.